The van der Waals surface area contributed by atoms with E-state index in [1.165, 1.54) is 0 Å². The Kier molecular flexibility index (Phi) is 4.51. The molecule has 1 aliphatic heterocycles. The molecule has 0 spiro atoms. The van der Waals surface area contributed by atoms with E-state index < -0.39 is 6.04 Å². The number of aromatic nitrogens is 2. The first-order valence-corrected chi connectivity index (χ1v) is 9.47. The van der Waals surface area contributed by atoms with Crippen molar-refractivity contribution in [1.29, 1.82) is 0 Å². The Morgan fingerprint density at radius 3 is 2.75 bits per heavy atom. The van der Waals surface area contributed by atoms with Gasteiger partial charge in [-0.3, -0.25) is 9.89 Å². The van der Waals surface area contributed by atoms with Crippen LogP contribution < -0.4 is 0 Å². The summed E-state index contributed by atoms with van der Waals surface area (Å²) in [6, 6.07) is 9.69. The first-order chi connectivity index (χ1) is 13.4. The maximum Gasteiger partial charge on any atom is 0.273 e. The number of hydrogen-bond donors (Lipinski definition) is 3. The molecule has 6 nitrogen and oxygen atoms in total. The molecule has 0 aliphatic carbocycles. The number of aryl methyl sites for hydroxylation is 1. The fourth-order valence-electron chi connectivity index (χ4n) is 3.77. The molecular weight excluding hydrogens is 378 g/mol. The monoisotopic (exact) mass is 397 g/mol. The number of amides is 1. The fourth-order valence-corrected chi connectivity index (χ4v) is 3.93. The number of nitrogens with one attached hydrogen (secondary N) is 1. The molecule has 7 heteroatoms. The predicted octanol–water partition coefficient (Wildman–Crippen LogP) is 4.40. The van der Waals surface area contributed by atoms with Crippen molar-refractivity contribution in [2.45, 2.75) is 26.3 Å². The molecule has 0 saturated carbocycles. The SMILES string of the molecule is CCCN1C(=O)c2[nH]nc(-c3cc(Cl)c(C)cc3O)c2[C@H]1c1cccc(O)c1. The summed E-state index contributed by atoms with van der Waals surface area (Å²) in [4.78, 5) is 14.8. The highest BCUT2D eigenvalue weighted by atomic mass is 35.5. The Labute approximate surface area is 167 Å². The van der Waals surface area contributed by atoms with E-state index in [9.17, 15) is 15.0 Å². The van der Waals surface area contributed by atoms with Gasteiger partial charge >= 0.3 is 0 Å². The molecule has 28 heavy (non-hydrogen) atoms. The number of carbonyl (C=O) groups is 1. The third-order valence-electron chi connectivity index (χ3n) is 5.05. The standard InChI is InChI=1S/C21H20ClN3O3/c1-3-7-25-20(12-5-4-6-13(26)9-12)17-18(23-24-19(17)21(25)28)14-10-15(22)11(2)8-16(14)27/h4-6,8-10,20,26-27H,3,7H2,1-2H3,(H,23,24)/t20-/m1/s1. The van der Waals surface area contributed by atoms with Crippen molar-refractivity contribution < 1.29 is 15.0 Å². The second kappa shape index (κ2) is 6.87. The van der Waals surface area contributed by atoms with Crippen molar-refractivity contribution in [2.75, 3.05) is 6.54 Å². The van der Waals surface area contributed by atoms with Crippen LogP contribution in [0.1, 0.15) is 46.6 Å². The first-order valence-electron chi connectivity index (χ1n) is 9.10. The Bertz CT molecular complexity index is 1080. The molecule has 4 rings (SSSR count). The summed E-state index contributed by atoms with van der Waals surface area (Å²) < 4.78 is 0. The summed E-state index contributed by atoms with van der Waals surface area (Å²) in [5, 5.41) is 28.1. The zero-order valence-corrected chi connectivity index (χ0v) is 16.3. The lowest BCUT2D eigenvalue weighted by Crippen LogP contribution is -2.30. The van der Waals surface area contributed by atoms with Gasteiger partial charge in [0.05, 0.1) is 6.04 Å². The van der Waals surface area contributed by atoms with E-state index in [-0.39, 0.29) is 17.4 Å². The predicted molar refractivity (Wildman–Crippen MR) is 107 cm³/mol. The topological polar surface area (TPSA) is 89.5 Å². The largest absolute Gasteiger partial charge is 0.508 e. The zero-order chi connectivity index (χ0) is 20.0. The summed E-state index contributed by atoms with van der Waals surface area (Å²) in [5.74, 6) is 0.0232. The van der Waals surface area contributed by atoms with Gasteiger partial charge in [0.25, 0.3) is 5.91 Å². The van der Waals surface area contributed by atoms with Gasteiger partial charge in [-0.05, 0) is 48.7 Å². The molecule has 0 bridgehead atoms. The quantitative estimate of drug-likeness (QED) is 0.608. The van der Waals surface area contributed by atoms with Gasteiger partial charge < -0.3 is 15.1 Å². The number of halogens is 1. The minimum atomic E-state index is -0.414. The molecule has 0 unspecified atom stereocenters. The van der Waals surface area contributed by atoms with Gasteiger partial charge in [0.2, 0.25) is 0 Å². The zero-order valence-electron chi connectivity index (χ0n) is 15.5. The number of hydrogen-bond acceptors (Lipinski definition) is 4. The third-order valence-corrected chi connectivity index (χ3v) is 5.45. The van der Waals surface area contributed by atoms with Crippen molar-refractivity contribution in [2.24, 2.45) is 0 Å². The molecule has 1 atom stereocenters. The molecule has 3 N–H and O–H groups in total. The van der Waals surface area contributed by atoms with Gasteiger partial charge in [0, 0.05) is 22.7 Å². The van der Waals surface area contributed by atoms with E-state index in [1.54, 1.807) is 35.2 Å². The van der Waals surface area contributed by atoms with E-state index in [2.05, 4.69) is 10.2 Å². The average Bonchev–Trinajstić information content (AvgIpc) is 3.18. The molecule has 0 saturated heterocycles. The normalized spacial score (nSPS) is 15.9. The van der Waals surface area contributed by atoms with Gasteiger partial charge in [0.15, 0.2) is 0 Å². The number of phenolic OH excluding ortho intramolecular Hbond substituents is 2. The number of H-pyrrole nitrogens is 1. The van der Waals surface area contributed by atoms with Crippen LogP contribution in [0.3, 0.4) is 0 Å². The Balaban J connectivity index is 1.94. The third kappa shape index (κ3) is 2.81. The maximum absolute atomic E-state index is 13.0. The number of fused-ring (bicyclic) bond motifs is 1. The fraction of sp³-hybridized carbons (Fsp3) is 0.238. The summed E-state index contributed by atoms with van der Waals surface area (Å²) in [6.07, 6.45) is 0.787. The van der Waals surface area contributed by atoms with Crippen LogP contribution in [-0.2, 0) is 0 Å². The van der Waals surface area contributed by atoms with Crippen LogP contribution in [0.2, 0.25) is 5.02 Å². The van der Waals surface area contributed by atoms with Gasteiger partial charge in [-0.2, -0.15) is 5.10 Å². The summed E-state index contributed by atoms with van der Waals surface area (Å²) in [6.45, 7) is 4.37. The summed E-state index contributed by atoms with van der Waals surface area (Å²) in [7, 11) is 0. The Morgan fingerprint density at radius 2 is 2.04 bits per heavy atom. The van der Waals surface area contributed by atoms with E-state index >= 15 is 0 Å². The van der Waals surface area contributed by atoms with Crippen molar-refractivity contribution in [3.63, 3.8) is 0 Å². The van der Waals surface area contributed by atoms with E-state index in [4.69, 9.17) is 11.6 Å². The maximum atomic E-state index is 13.0. The van der Waals surface area contributed by atoms with Crippen molar-refractivity contribution in [3.05, 3.63) is 63.8 Å². The molecule has 0 fully saturated rings. The van der Waals surface area contributed by atoms with E-state index in [0.717, 1.165) is 17.5 Å². The highest BCUT2D eigenvalue weighted by Crippen LogP contribution is 2.45. The number of phenols is 2. The number of nitrogens with zero attached hydrogens (tertiary/aromatic N) is 2. The number of carbonyl (C=O) groups excluding carboxylic acids is 1. The molecule has 144 valence electrons. The van der Waals surface area contributed by atoms with Crippen LogP contribution in [-0.4, -0.2) is 37.8 Å². The minimum Gasteiger partial charge on any atom is -0.508 e. The highest BCUT2D eigenvalue weighted by molar-refractivity contribution is 6.31. The van der Waals surface area contributed by atoms with Crippen LogP contribution in [0.15, 0.2) is 36.4 Å². The van der Waals surface area contributed by atoms with Crippen molar-refractivity contribution in [3.8, 4) is 22.8 Å². The molecular formula is C21H20ClN3O3. The van der Waals surface area contributed by atoms with Crippen LogP contribution >= 0.6 is 11.6 Å². The lowest BCUT2D eigenvalue weighted by molar-refractivity contribution is 0.0743. The van der Waals surface area contributed by atoms with E-state index in [0.29, 0.717) is 34.1 Å². The number of benzene rings is 2. The number of aromatic amines is 1. The van der Waals surface area contributed by atoms with Gasteiger partial charge in [-0.15, -0.1) is 0 Å². The second-order valence-corrected chi connectivity index (χ2v) is 7.38. The second-order valence-electron chi connectivity index (χ2n) is 6.98. The Hall–Kier alpha value is -2.99. The molecule has 1 amide bonds. The van der Waals surface area contributed by atoms with Crippen molar-refractivity contribution >= 4 is 17.5 Å². The average molecular weight is 398 g/mol. The summed E-state index contributed by atoms with van der Waals surface area (Å²) >= 11 is 6.28. The minimum absolute atomic E-state index is 0.0484. The van der Waals surface area contributed by atoms with E-state index in [1.807, 2.05) is 19.9 Å². The first kappa shape index (κ1) is 18.4. The Morgan fingerprint density at radius 1 is 1.25 bits per heavy atom. The number of aromatic hydroxyl groups is 2. The molecule has 1 aliphatic rings. The lowest BCUT2D eigenvalue weighted by atomic mass is 9.95. The van der Waals surface area contributed by atoms with Crippen LogP contribution in [0.5, 0.6) is 11.5 Å². The molecule has 2 heterocycles. The molecule has 2 aromatic carbocycles. The molecule has 3 aromatic rings. The van der Waals surface area contributed by atoms with Crippen molar-refractivity contribution in [1.82, 2.24) is 15.1 Å². The summed E-state index contributed by atoms with van der Waals surface area (Å²) in [5.41, 5.74) is 3.55. The van der Waals surface area contributed by atoms with Crippen LogP contribution in [0.25, 0.3) is 11.3 Å². The lowest BCUT2D eigenvalue weighted by Gasteiger charge is -2.26. The van der Waals surface area contributed by atoms with Gasteiger partial charge in [0.1, 0.15) is 22.9 Å². The number of rotatable bonds is 4. The molecule has 0 radical (unpaired) electrons. The smallest absolute Gasteiger partial charge is 0.273 e. The van der Waals surface area contributed by atoms with Crippen LogP contribution in [0.4, 0.5) is 0 Å². The highest BCUT2D eigenvalue weighted by Gasteiger charge is 2.42. The van der Waals surface area contributed by atoms with Gasteiger partial charge in [-0.25, -0.2) is 0 Å². The van der Waals surface area contributed by atoms with Crippen LogP contribution in [0, 0.1) is 6.92 Å². The molecule has 1 aromatic heterocycles. The van der Waals surface area contributed by atoms with Gasteiger partial charge in [-0.1, -0.05) is 30.7 Å².